The zero-order valence-corrected chi connectivity index (χ0v) is 12.3. The van der Waals surface area contributed by atoms with Crippen LogP contribution < -0.4 is 0 Å². The summed E-state index contributed by atoms with van der Waals surface area (Å²) in [5.74, 6) is 0.374. The Labute approximate surface area is 123 Å². The minimum absolute atomic E-state index is 0.0725. The number of nitrogens with zero attached hydrogens (tertiary/aromatic N) is 2. The molecule has 0 saturated heterocycles. The average molecular weight is 286 g/mol. The zero-order chi connectivity index (χ0) is 15.4. The van der Waals surface area contributed by atoms with E-state index in [1.165, 1.54) is 6.20 Å². The number of aromatic hydroxyl groups is 1. The number of ether oxygens (including phenoxy) is 1. The van der Waals surface area contributed by atoms with Crippen LogP contribution in [0.15, 0.2) is 30.5 Å². The van der Waals surface area contributed by atoms with Crippen LogP contribution in [0.1, 0.15) is 42.7 Å². The van der Waals surface area contributed by atoms with Crippen molar-refractivity contribution < 1.29 is 14.6 Å². The molecule has 21 heavy (non-hydrogen) atoms. The van der Waals surface area contributed by atoms with Crippen molar-refractivity contribution in [2.24, 2.45) is 0 Å². The van der Waals surface area contributed by atoms with E-state index in [2.05, 4.69) is 9.97 Å². The van der Waals surface area contributed by atoms with E-state index < -0.39 is 5.97 Å². The first-order chi connectivity index (χ1) is 10.0. The molecule has 0 spiro atoms. The average Bonchev–Trinajstić information content (AvgIpc) is 2.47. The van der Waals surface area contributed by atoms with E-state index in [1.54, 1.807) is 31.2 Å². The molecule has 0 atom stereocenters. The predicted molar refractivity (Wildman–Crippen MR) is 79.2 cm³/mol. The molecule has 1 heterocycles. The van der Waals surface area contributed by atoms with Gasteiger partial charge in [0, 0.05) is 11.8 Å². The lowest BCUT2D eigenvalue weighted by Gasteiger charge is -2.12. The molecule has 1 aromatic carbocycles. The molecule has 1 N–H and O–H groups in total. The van der Waals surface area contributed by atoms with Crippen LogP contribution in [0, 0.1) is 0 Å². The van der Waals surface area contributed by atoms with Crippen molar-refractivity contribution in [3.8, 4) is 17.1 Å². The summed E-state index contributed by atoms with van der Waals surface area (Å²) >= 11 is 0. The van der Waals surface area contributed by atoms with Gasteiger partial charge in [0.25, 0.3) is 0 Å². The monoisotopic (exact) mass is 286 g/mol. The SMILES string of the molecule is CCOC(=O)c1cnc(-c2ccc(O)cc2)nc1C(C)C. The highest BCUT2D eigenvalue weighted by Gasteiger charge is 2.18. The van der Waals surface area contributed by atoms with Crippen molar-refractivity contribution in [3.05, 3.63) is 41.7 Å². The van der Waals surface area contributed by atoms with Crippen LogP contribution >= 0.6 is 0 Å². The maximum absolute atomic E-state index is 11.9. The van der Waals surface area contributed by atoms with Gasteiger partial charge in [-0.25, -0.2) is 14.8 Å². The third-order valence-electron chi connectivity index (χ3n) is 2.99. The van der Waals surface area contributed by atoms with Crippen molar-refractivity contribution in [3.63, 3.8) is 0 Å². The Morgan fingerprint density at radius 3 is 2.52 bits per heavy atom. The number of aromatic nitrogens is 2. The molecule has 0 aliphatic carbocycles. The lowest BCUT2D eigenvalue weighted by molar-refractivity contribution is 0.0523. The van der Waals surface area contributed by atoms with Crippen LogP contribution in [0.5, 0.6) is 5.75 Å². The molecule has 5 heteroatoms. The highest BCUT2D eigenvalue weighted by molar-refractivity contribution is 5.90. The first-order valence-corrected chi connectivity index (χ1v) is 6.86. The Morgan fingerprint density at radius 1 is 1.29 bits per heavy atom. The molecule has 0 radical (unpaired) electrons. The van der Waals surface area contributed by atoms with Crippen LogP contribution in [0.4, 0.5) is 0 Å². The van der Waals surface area contributed by atoms with Gasteiger partial charge >= 0.3 is 5.97 Å². The molecule has 0 unspecified atom stereocenters. The van der Waals surface area contributed by atoms with E-state index in [1.807, 2.05) is 13.8 Å². The fourth-order valence-electron chi connectivity index (χ4n) is 1.95. The van der Waals surface area contributed by atoms with Crippen LogP contribution in [0.25, 0.3) is 11.4 Å². The third-order valence-corrected chi connectivity index (χ3v) is 2.99. The van der Waals surface area contributed by atoms with Crippen LogP contribution in [0.3, 0.4) is 0 Å². The maximum Gasteiger partial charge on any atom is 0.341 e. The van der Waals surface area contributed by atoms with Gasteiger partial charge in [0.05, 0.1) is 17.9 Å². The van der Waals surface area contributed by atoms with Crippen LogP contribution in [0.2, 0.25) is 0 Å². The fraction of sp³-hybridized carbons (Fsp3) is 0.312. The fourth-order valence-corrected chi connectivity index (χ4v) is 1.95. The van der Waals surface area contributed by atoms with Gasteiger partial charge in [0.15, 0.2) is 5.82 Å². The van der Waals surface area contributed by atoms with E-state index in [4.69, 9.17) is 4.74 Å². The molecule has 0 saturated carbocycles. The molecule has 5 nitrogen and oxygen atoms in total. The highest BCUT2D eigenvalue weighted by atomic mass is 16.5. The summed E-state index contributed by atoms with van der Waals surface area (Å²) in [5, 5.41) is 9.32. The first-order valence-electron chi connectivity index (χ1n) is 6.86. The van der Waals surface area contributed by atoms with Gasteiger partial charge in [-0.05, 0) is 37.1 Å². The molecule has 110 valence electrons. The molecule has 2 rings (SSSR count). The second-order valence-corrected chi connectivity index (χ2v) is 4.91. The summed E-state index contributed by atoms with van der Waals surface area (Å²) in [6.45, 7) is 6.01. The number of carbonyl (C=O) groups is 1. The van der Waals surface area contributed by atoms with Gasteiger partial charge in [0.1, 0.15) is 5.75 Å². The minimum atomic E-state index is -0.404. The largest absolute Gasteiger partial charge is 0.508 e. The second kappa shape index (κ2) is 6.35. The molecule has 1 aromatic heterocycles. The summed E-state index contributed by atoms with van der Waals surface area (Å²) in [6.07, 6.45) is 1.50. The van der Waals surface area contributed by atoms with Crippen molar-refractivity contribution in [1.29, 1.82) is 0 Å². The first kappa shape index (κ1) is 15.0. The standard InChI is InChI=1S/C16H18N2O3/c1-4-21-16(20)13-9-17-15(18-14(13)10(2)3)11-5-7-12(19)8-6-11/h5-10,19H,4H2,1-3H3. The Bertz CT molecular complexity index is 636. The van der Waals surface area contributed by atoms with Gasteiger partial charge in [-0.1, -0.05) is 13.8 Å². The number of phenols is 1. The minimum Gasteiger partial charge on any atom is -0.508 e. The van der Waals surface area contributed by atoms with Gasteiger partial charge in [-0.3, -0.25) is 0 Å². The number of hydrogen-bond donors (Lipinski definition) is 1. The summed E-state index contributed by atoms with van der Waals surface area (Å²) in [6, 6.07) is 6.62. The molecular formula is C16H18N2O3. The molecular weight excluding hydrogens is 268 g/mol. The van der Waals surface area contributed by atoms with Crippen LogP contribution in [-0.2, 0) is 4.74 Å². The summed E-state index contributed by atoms with van der Waals surface area (Å²) < 4.78 is 5.03. The number of benzene rings is 1. The second-order valence-electron chi connectivity index (χ2n) is 4.91. The maximum atomic E-state index is 11.9. The lowest BCUT2D eigenvalue weighted by Crippen LogP contribution is -2.12. The number of esters is 1. The number of hydrogen-bond acceptors (Lipinski definition) is 5. The van der Waals surface area contributed by atoms with Crippen molar-refractivity contribution >= 4 is 5.97 Å². The summed E-state index contributed by atoms with van der Waals surface area (Å²) in [5.41, 5.74) is 1.84. The molecule has 0 amide bonds. The predicted octanol–water partition coefficient (Wildman–Crippen LogP) is 3.15. The number of rotatable bonds is 4. The van der Waals surface area contributed by atoms with E-state index in [9.17, 15) is 9.90 Å². The van der Waals surface area contributed by atoms with E-state index in [-0.39, 0.29) is 11.7 Å². The molecule has 2 aromatic rings. The van der Waals surface area contributed by atoms with Crippen molar-refractivity contribution in [2.45, 2.75) is 26.7 Å². The van der Waals surface area contributed by atoms with E-state index >= 15 is 0 Å². The third kappa shape index (κ3) is 3.37. The van der Waals surface area contributed by atoms with Gasteiger partial charge < -0.3 is 9.84 Å². The summed E-state index contributed by atoms with van der Waals surface area (Å²) in [4.78, 5) is 20.6. The Morgan fingerprint density at radius 2 is 1.95 bits per heavy atom. The Hall–Kier alpha value is -2.43. The van der Waals surface area contributed by atoms with Gasteiger partial charge in [-0.2, -0.15) is 0 Å². The normalized spacial score (nSPS) is 10.7. The number of phenolic OH excluding ortho intramolecular Hbond substituents is 1. The Balaban J connectivity index is 2.45. The zero-order valence-electron chi connectivity index (χ0n) is 12.3. The molecule has 0 fully saturated rings. The molecule has 0 aliphatic rings. The topological polar surface area (TPSA) is 72.3 Å². The molecule has 0 bridgehead atoms. The van der Waals surface area contributed by atoms with E-state index in [0.29, 0.717) is 23.7 Å². The highest BCUT2D eigenvalue weighted by Crippen LogP contribution is 2.23. The molecule has 0 aliphatic heterocycles. The number of carbonyl (C=O) groups excluding carboxylic acids is 1. The van der Waals surface area contributed by atoms with Crippen molar-refractivity contribution in [1.82, 2.24) is 9.97 Å². The lowest BCUT2D eigenvalue weighted by atomic mass is 10.0. The van der Waals surface area contributed by atoms with Gasteiger partial charge in [0.2, 0.25) is 0 Å². The summed E-state index contributed by atoms with van der Waals surface area (Å²) in [7, 11) is 0. The van der Waals surface area contributed by atoms with Gasteiger partial charge in [-0.15, -0.1) is 0 Å². The van der Waals surface area contributed by atoms with E-state index in [0.717, 1.165) is 5.56 Å². The Kier molecular flexibility index (Phi) is 4.52. The van der Waals surface area contributed by atoms with Crippen LogP contribution in [-0.4, -0.2) is 27.7 Å². The quantitative estimate of drug-likeness (QED) is 0.874. The smallest absolute Gasteiger partial charge is 0.341 e. The van der Waals surface area contributed by atoms with Crippen molar-refractivity contribution in [2.75, 3.05) is 6.61 Å².